The molecule has 198 valence electrons. The molecule has 0 spiro atoms. The molecule has 0 saturated heterocycles. The van der Waals surface area contributed by atoms with E-state index < -0.39 is 53.7 Å². The molecule has 0 bridgehead atoms. The van der Waals surface area contributed by atoms with Crippen molar-refractivity contribution in [2.75, 3.05) is 13.2 Å². The molecule has 37 heavy (non-hydrogen) atoms. The van der Waals surface area contributed by atoms with Crippen molar-refractivity contribution < 1.29 is 46.1 Å². The molecule has 6 N–H and O–H groups in total. The number of halogens is 7. The maximum Gasteiger partial charge on any atom is 0.422 e. The molecule has 0 aliphatic carbocycles. The van der Waals surface area contributed by atoms with Gasteiger partial charge in [0, 0.05) is 23.4 Å². The van der Waals surface area contributed by atoms with Gasteiger partial charge in [0.1, 0.15) is 29.4 Å². The summed E-state index contributed by atoms with van der Waals surface area (Å²) in [7, 11) is 0. The Bertz CT molecular complexity index is 1220. The average Bonchev–Trinajstić information content (AvgIpc) is 2.85. The van der Waals surface area contributed by atoms with Crippen molar-refractivity contribution in [3.63, 3.8) is 0 Å². The number of nitrogens with zero attached hydrogens (tertiary/aromatic N) is 2. The van der Waals surface area contributed by atoms with E-state index >= 15 is 8.78 Å². The predicted octanol–water partition coefficient (Wildman–Crippen LogP) is 2.92. The second kappa shape index (κ2) is 11.1. The van der Waals surface area contributed by atoms with E-state index in [2.05, 4.69) is 20.1 Å². The van der Waals surface area contributed by atoms with Crippen LogP contribution in [0.3, 0.4) is 0 Å². The maximum absolute atomic E-state index is 15.6. The fourth-order valence-electron chi connectivity index (χ4n) is 3.32. The molecule has 1 aromatic heterocycles. The molecule has 3 rings (SSSR count). The summed E-state index contributed by atoms with van der Waals surface area (Å²) in [4.78, 5) is 7.34. The van der Waals surface area contributed by atoms with E-state index in [-0.39, 0.29) is 5.75 Å². The van der Waals surface area contributed by atoms with E-state index in [9.17, 15) is 27.1 Å². The minimum atomic E-state index is -4.51. The van der Waals surface area contributed by atoms with E-state index in [1.54, 1.807) is 0 Å². The number of alkyl halides is 5. The van der Waals surface area contributed by atoms with Gasteiger partial charge in [-0.1, -0.05) is 18.2 Å². The number of ether oxygens (including phenoxy) is 1. The Morgan fingerprint density at radius 1 is 1.00 bits per heavy atom. The van der Waals surface area contributed by atoms with Gasteiger partial charge in [0.2, 0.25) is 0 Å². The maximum atomic E-state index is 15.6. The third-order valence-electron chi connectivity index (χ3n) is 5.15. The second-order valence-corrected chi connectivity index (χ2v) is 7.72. The Morgan fingerprint density at radius 3 is 2.24 bits per heavy atom. The number of hydrogen-bond donors (Lipinski definition) is 4. The minimum Gasteiger partial charge on any atom is -0.484 e. The highest BCUT2D eigenvalue weighted by molar-refractivity contribution is 5.63. The van der Waals surface area contributed by atoms with Gasteiger partial charge in [-0.25, -0.2) is 14.2 Å². The number of nitrogens with one attached hydrogen (secondary N) is 1. The summed E-state index contributed by atoms with van der Waals surface area (Å²) in [6.07, 6.45) is -2.56. The quantitative estimate of drug-likeness (QED) is 0.106. The van der Waals surface area contributed by atoms with Crippen LogP contribution in [0.2, 0.25) is 0 Å². The first kappa shape index (κ1) is 27.8. The van der Waals surface area contributed by atoms with Gasteiger partial charge in [0.05, 0.1) is 6.54 Å². The first-order valence-electron chi connectivity index (χ1n) is 10.5. The zero-order valence-corrected chi connectivity index (χ0v) is 18.8. The van der Waals surface area contributed by atoms with Crippen molar-refractivity contribution in [2.45, 2.75) is 17.7 Å². The number of rotatable bonds is 10. The van der Waals surface area contributed by atoms with Crippen LogP contribution in [0.5, 0.6) is 5.75 Å². The van der Waals surface area contributed by atoms with Crippen LogP contribution in [-0.4, -0.2) is 35.8 Å². The summed E-state index contributed by atoms with van der Waals surface area (Å²) < 4.78 is 101. The molecular formula is C23H21F7N5O2+. The van der Waals surface area contributed by atoms with Crippen LogP contribution in [0.25, 0.3) is 11.1 Å². The van der Waals surface area contributed by atoms with Crippen molar-refractivity contribution in [1.82, 2.24) is 10.4 Å². The molecule has 0 aliphatic heterocycles. The molecule has 3 aromatic rings. The van der Waals surface area contributed by atoms with Crippen LogP contribution in [-0.2, 0) is 11.5 Å². The van der Waals surface area contributed by atoms with Crippen LogP contribution < -0.4 is 21.5 Å². The zero-order chi connectivity index (χ0) is 27.3. The first-order chi connectivity index (χ1) is 17.4. The lowest BCUT2D eigenvalue weighted by Gasteiger charge is -2.35. The van der Waals surface area contributed by atoms with Crippen LogP contribution in [0.1, 0.15) is 11.3 Å². The first-order valence-corrected chi connectivity index (χ1v) is 10.5. The molecule has 0 amide bonds. The smallest absolute Gasteiger partial charge is 0.422 e. The zero-order valence-electron chi connectivity index (χ0n) is 18.8. The predicted molar refractivity (Wildman–Crippen MR) is 118 cm³/mol. The lowest BCUT2D eigenvalue weighted by Crippen LogP contribution is -2.99. The molecule has 0 radical (unpaired) electrons. The van der Waals surface area contributed by atoms with Crippen molar-refractivity contribution in [3.8, 4) is 16.9 Å². The molecule has 1 atom stereocenters. The van der Waals surface area contributed by atoms with Crippen molar-refractivity contribution in [2.24, 2.45) is 10.8 Å². The van der Waals surface area contributed by atoms with Crippen LogP contribution >= 0.6 is 0 Å². The Balaban J connectivity index is 1.91. The molecule has 0 saturated carbocycles. The fourth-order valence-corrected chi connectivity index (χ4v) is 3.32. The molecule has 14 heteroatoms. The number of pyridine rings is 1. The van der Waals surface area contributed by atoms with Crippen LogP contribution in [0.4, 0.5) is 30.7 Å². The summed E-state index contributed by atoms with van der Waals surface area (Å²) in [6.45, 7) is -2.52. The Labute approximate surface area is 205 Å². The van der Waals surface area contributed by atoms with Crippen LogP contribution in [0.15, 0.2) is 65.8 Å². The summed E-state index contributed by atoms with van der Waals surface area (Å²) in [5, 5.41) is 11.0. The third kappa shape index (κ3) is 6.53. The second-order valence-electron chi connectivity index (χ2n) is 7.72. The SMILES string of the molecule is N[NH2+]NC=NCC(O)(c1ccc(F)cc1F)C(F)(F)c1ccc(-c2ccc(OCC(F)(F)F)cc2)cn1. The summed E-state index contributed by atoms with van der Waals surface area (Å²) >= 11 is 0. The lowest BCUT2D eigenvalue weighted by molar-refractivity contribution is -0.707. The van der Waals surface area contributed by atoms with Crippen molar-refractivity contribution >= 4 is 6.34 Å². The number of aliphatic imine (C=N–C) groups is 1. The Morgan fingerprint density at radius 2 is 1.68 bits per heavy atom. The van der Waals surface area contributed by atoms with E-state index in [4.69, 9.17) is 5.84 Å². The summed E-state index contributed by atoms with van der Waals surface area (Å²) in [5.74, 6) is -1.61. The highest BCUT2D eigenvalue weighted by Gasteiger charge is 2.57. The van der Waals surface area contributed by atoms with Gasteiger partial charge in [-0.15, -0.1) is 0 Å². The monoisotopic (exact) mass is 532 g/mol. The number of aliphatic hydroxyl groups is 1. The third-order valence-corrected chi connectivity index (χ3v) is 5.15. The van der Waals surface area contributed by atoms with E-state index in [1.165, 1.54) is 30.3 Å². The summed E-state index contributed by atoms with van der Waals surface area (Å²) in [6, 6.07) is 9.23. The molecule has 1 unspecified atom stereocenters. The van der Waals surface area contributed by atoms with E-state index in [0.29, 0.717) is 29.3 Å². The van der Waals surface area contributed by atoms with E-state index in [0.717, 1.165) is 24.1 Å². The molecule has 1 heterocycles. The van der Waals surface area contributed by atoms with Gasteiger partial charge >= 0.3 is 12.1 Å². The minimum absolute atomic E-state index is 0.0501. The van der Waals surface area contributed by atoms with Gasteiger partial charge in [0.15, 0.2) is 12.2 Å². The lowest BCUT2D eigenvalue weighted by atomic mass is 9.84. The van der Waals surface area contributed by atoms with Crippen molar-refractivity contribution in [1.29, 1.82) is 0 Å². The van der Waals surface area contributed by atoms with Gasteiger partial charge in [-0.05, 0) is 35.9 Å². The largest absolute Gasteiger partial charge is 0.484 e. The molecule has 0 fully saturated rings. The number of benzene rings is 2. The standard InChI is InChI=1S/C23H20F7N5O2/c24-16-4-7-18(19(25)9-16)21(36,11-32-13-34-35-31)23(29,30)20-8-3-15(10-33-20)14-1-5-17(6-2-14)37-12-22(26,27)28/h1-10,13,35-36H,11-12,31H2,(H,32,34)/p+1. The van der Waals surface area contributed by atoms with Gasteiger partial charge in [-0.2, -0.15) is 33.3 Å². The fraction of sp³-hybridized carbons (Fsp3) is 0.217. The average molecular weight is 532 g/mol. The molecule has 7 nitrogen and oxygen atoms in total. The summed E-state index contributed by atoms with van der Waals surface area (Å²) in [5.41, 5.74) is -1.14. The molecule has 0 aliphatic rings. The van der Waals surface area contributed by atoms with Gasteiger partial charge in [0.25, 0.3) is 0 Å². The number of hydrogen-bond acceptors (Lipinski definition) is 5. The Hall–Kier alpha value is -3.75. The number of nitrogens with two attached hydrogens (primary N) is 2. The van der Waals surface area contributed by atoms with Gasteiger partial charge < -0.3 is 9.84 Å². The van der Waals surface area contributed by atoms with Crippen LogP contribution in [0, 0.1) is 11.6 Å². The topological polar surface area (TPSA) is 109 Å². The molecule has 2 aromatic carbocycles. The van der Waals surface area contributed by atoms with E-state index in [1.807, 2.05) is 0 Å². The number of quaternary nitrogens is 1. The van der Waals surface area contributed by atoms with Gasteiger partial charge in [-0.3, -0.25) is 9.98 Å². The Kier molecular flexibility index (Phi) is 8.35. The number of aromatic nitrogens is 1. The highest BCUT2D eigenvalue weighted by atomic mass is 19.4. The molecular weight excluding hydrogens is 511 g/mol. The normalized spacial score (nSPS) is 14.0. The van der Waals surface area contributed by atoms with Crippen molar-refractivity contribution in [3.05, 3.63) is 83.7 Å². The highest BCUT2D eigenvalue weighted by Crippen LogP contribution is 2.46.